The van der Waals surface area contributed by atoms with Gasteiger partial charge in [-0.2, -0.15) is 18.3 Å². The first-order valence-electron chi connectivity index (χ1n) is 11.1. The van der Waals surface area contributed by atoms with Crippen molar-refractivity contribution < 1.29 is 17.9 Å². The molecule has 0 fully saturated rings. The predicted octanol–water partition coefficient (Wildman–Crippen LogP) is 4.64. The third-order valence-electron chi connectivity index (χ3n) is 6.05. The lowest BCUT2D eigenvalue weighted by molar-refractivity contribution is -0.140. The zero-order chi connectivity index (χ0) is 25.4. The summed E-state index contributed by atoms with van der Waals surface area (Å²) in [6.45, 7) is 6.51. The summed E-state index contributed by atoms with van der Waals surface area (Å²) in [5.41, 5.74) is 2.93. The van der Waals surface area contributed by atoms with Gasteiger partial charge in [-0.3, -0.25) is 0 Å². The molecule has 1 aliphatic heterocycles. The molecular formula is C25H28F3N5OS. The number of ether oxygens (including phenoxy) is 1. The molecule has 0 N–H and O–H groups in total. The minimum atomic E-state index is -4.49. The smallest absolute Gasteiger partial charge is 0.373 e. The van der Waals surface area contributed by atoms with Crippen molar-refractivity contribution in [2.75, 3.05) is 13.4 Å². The van der Waals surface area contributed by atoms with Gasteiger partial charge >= 0.3 is 6.18 Å². The summed E-state index contributed by atoms with van der Waals surface area (Å²) in [6, 6.07) is 7.36. The van der Waals surface area contributed by atoms with Crippen molar-refractivity contribution in [1.82, 2.24) is 19.3 Å². The zero-order valence-corrected chi connectivity index (χ0v) is 21.2. The Balaban J connectivity index is 1.66. The summed E-state index contributed by atoms with van der Waals surface area (Å²) < 4.78 is 48.7. The molecule has 10 heteroatoms. The highest BCUT2D eigenvalue weighted by Crippen LogP contribution is 2.32. The molecule has 0 bridgehead atoms. The molecule has 0 unspecified atom stereocenters. The number of nitrogens with zero attached hydrogens (tertiary/aromatic N) is 5. The number of aromatic nitrogens is 4. The van der Waals surface area contributed by atoms with Gasteiger partial charge in [-0.1, -0.05) is 30.3 Å². The lowest BCUT2D eigenvalue weighted by atomic mass is 9.99. The monoisotopic (exact) mass is 503 g/mol. The first-order chi connectivity index (χ1) is 16.5. The number of allylic oxidation sites excluding steroid dienone is 1. The molecule has 0 aliphatic carbocycles. The minimum Gasteiger partial charge on any atom is -0.373 e. The third kappa shape index (κ3) is 5.23. The van der Waals surface area contributed by atoms with Gasteiger partial charge in [-0.05, 0) is 44.6 Å². The van der Waals surface area contributed by atoms with E-state index in [4.69, 9.17) is 9.73 Å². The predicted molar refractivity (Wildman–Crippen MR) is 131 cm³/mol. The summed E-state index contributed by atoms with van der Waals surface area (Å²) >= 11 is 1.43. The molecule has 3 aromatic rings. The second-order valence-corrected chi connectivity index (χ2v) is 9.81. The Hall–Kier alpha value is -2.85. The number of fused-ring (bicyclic) bond motifs is 1. The molecule has 6 nitrogen and oxygen atoms in total. The molecule has 0 spiro atoms. The van der Waals surface area contributed by atoms with Crippen molar-refractivity contribution in [3.8, 4) is 11.4 Å². The van der Waals surface area contributed by atoms with E-state index in [0.29, 0.717) is 23.8 Å². The van der Waals surface area contributed by atoms with Crippen molar-refractivity contribution in [3.05, 3.63) is 69.9 Å². The van der Waals surface area contributed by atoms with Gasteiger partial charge in [-0.15, -0.1) is 11.8 Å². The van der Waals surface area contributed by atoms with Crippen LogP contribution < -0.4 is 10.7 Å². The third-order valence-corrected chi connectivity index (χ3v) is 6.59. The summed E-state index contributed by atoms with van der Waals surface area (Å²) in [4.78, 5) is 8.80. The highest BCUT2D eigenvalue weighted by molar-refractivity contribution is 7.97. The van der Waals surface area contributed by atoms with Crippen LogP contribution in [0.1, 0.15) is 38.4 Å². The summed E-state index contributed by atoms with van der Waals surface area (Å²) in [7, 11) is 1.67. The SMILES string of the molecule is COC(C)(C)C1=C(C)CC=c2cnn(Cc3ccc(-c4nc(C(F)(F)F)cn4CSC)cc3)c2=N1. The number of thioether (sulfide) groups is 1. The van der Waals surface area contributed by atoms with Gasteiger partial charge in [0.2, 0.25) is 0 Å². The van der Waals surface area contributed by atoms with E-state index >= 15 is 0 Å². The van der Waals surface area contributed by atoms with Gasteiger partial charge < -0.3 is 9.30 Å². The van der Waals surface area contributed by atoms with E-state index in [-0.39, 0.29) is 0 Å². The molecule has 4 rings (SSSR count). The van der Waals surface area contributed by atoms with Crippen LogP contribution in [-0.4, -0.2) is 38.3 Å². The molecule has 186 valence electrons. The molecule has 3 heterocycles. The van der Waals surface area contributed by atoms with Crippen LogP contribution in [0.5, 0.6) is 0 Å². The number of alkyl halides is 3. The number of hydrogen-bond donors (Lipinski definition) is 0. The first kappa shape index (κ1) is 25.2. The Labute approximate surface area is 206 Å². The molecule has 0 saturated heterocycles. The maximum Gasteiger partial charge on any atom is 0.434 e. The van der Waals surface area contributed by atoms with Crippen LogP contribution in [0.4, 0.5) is 13.2 Å². The Morgan fingerprint density at radius 2 is 1.86 bits per heavy atom. The van der Waals surface area contributed by atoms with E-state index in [1.54, 1.807) is 25.4 Å². The Kier molecular flexibility index (Phi) is 6.97. The lowest BCUT2D eigenvalue weighted by Crippen LogP contribution is -2.33. The highest BCUT2D eigenvalue weighted by Gasteiger charge is 2.35. The van der Waals surface area contributed by atoms with Crippen LogP contribution in [-0.2, 0) is 23.3 Å². The molecule has 2 aromatic heterocycles. The van der Waals surface area contributed by atoms with Crippen LogP contribution in [0.15, 0.2) is 52.9 Å². The van der Waals surface area contributed by atoms with Crippen LogP contribution in [0.3, 0.4) is 0 Å². The molecule has 0 amide bonds. The van der Waals surface area contributed by atoms with Crippen molar-refractivity contribution in [2.24, 2.45) is 4.99 Å². The Bertz CT molecular complexity index is 1370. The Morgan fingerprint density at radius 3 is 2.49 bits per heavy atom. The quantitative estimate of drug-likeness (QED) is 0.472. The van der Waals surface area contributed by atoms with E-state index in [1.165, 1.54) is 16.3 Å². The standard InChI is InChI=1S/C25H28F3N5OS/c1-16-6-9-19-12-29-33(23(19)31-21(16)24(2,3)34-4)13-17-7-10-18(11-8-17)22-30-20(25(26,27)28)14-32(22)15-35-5/h7-12,14H,6,13,15H2,1-5H3. The average Bonchev–Trinajstić information content (AvgIpc) is 3.36. The average molecular weight is 504 g/mol. The second kappa shape index (κ2) is 9.66. The highest BCUT2D eigenvalue weighted by atomic mass is 32.2. The summed E-state index contributed by atoms with van der Waals surface area (Å²) in [5, 5.41) is 5.50. The van der Waals surface area contributed by atoms with E-state index < -0.39 is 17.5 Å². The van der Waals surface area contributed by atoms with Gasteiger partial charge in [0.15, 0.2) is 11.2 Å². The van der Waals surface area contributed by atoms with Crippen molar-refractivity contribution in [2.45, 2.75) is 51.4 Å². The number of halogens is 3. The Morgan fingerprint density at radius 1 is 1.14 bits per heavy atom. The normalized spacial score (nSPS) is 14.4. The van der Waals surface area contributed by atoms with Gasteiger partial charge in [0.1, 0.15) is 11.4 Å². The fraction of sp³-hybridized carbons (Fsp3) is 0.400. The first-order valence-corrected chi connectivity index (χ1v) is 12.5. The molecule has 1 aromatic carbocycles. The van der Waals surface area contributed by atoms with Gasteiger partial charge in [0.05, 0.1) is 24.3 Å². The molecule has 35 heavy (non-hydrogen) atoms. The van der Waals surface area contributed by atoms with Crippen molar-refractivity contribution >= 4 is 17.8 Å². The van der Waals surface area contributed by atoms with E-state index in [2.05, 4.69) is 23.1 Å². The number of rotatable bonds is 7. The van der Waals surface area contributed by atoms with Gasteiger partial charge in [-0.25, -0.2) is 14.7 Å². The van der Waals surface area contributed by atoms with E-state index in [9.17, 15) is 13.2 Å². The maximum atomic E-state index is 13.2. The second-order valence-electron chi connectivity index (χ2n) is 8.98. The lowest BCUT2D eigenvalue weighted by Gasteiger charge is -2.25. The van der Waals surface area contributed by atoms with Crippen molar-refractivity contribution in [3.63, 3.8) is 0 Å². The summed E-state index contributed by atoms with van der Waals surface area (Å²) in [6.07, 6.45) is 3.10. The molecule has 0 atom stereocenters. The van der Waals surface area contributed by atoms with Crippen LogP contribution in [0, 0.1) is 0 Å². The van der Waals surface area contributed by atoms with E-state index in [0.717, 1.165) is 40.2 Å². The number of methoxy groups -OCH3 is 1. The van der Waals surface area contributed by atoms with Crippen LogP contribution >= 0.6 is 11.8 Å². The molecule has 1 aliphatic rings. The van der Waals surface area contributed by atoms with Crippen LogP contribution in [0.2, 0.25) is 0 Å². The molecular weight excluding hydrogens is 475 g/mol. The summed E-state index contributed by atoms with van der Waals surface area (Å²) in [5.74, 6) is 0.674. The largest absolute Gasteiger partial charge is 0.434 e. The molecule has 0 radical (unpaired) electrons. The van der Waals surface area contributed by atoms with Gasteiger partial charge in [0, 0.05) is 24.1 Å². The number of imidazole rings is 1. The van der Waals surface area contributed by atoms with Gasteiger partial charge in [0.25, 0.3) is 0 Å². The zero-order valence-electron chi connectivity index (χ0n) is 20.3. The maximum absolute atomic E-state index is 13.2. The number of hydrogen-bond acceptors (Lipinski definition) is 5. The fourth-order valence-corrected chi connectivity index (χ4v) is 4.51. The minimum absolute atomic E-state index is 0.294. The topological polar surface area (TPSA) is 57.2 Å². The van der Waals surface area contributed by atoms with E-state index in [1.807, 2.05) is 36.9 Å². The molecule has 0 saturated carbocycles. The van der Waals surface area contributed by atoms with Crippen molar-refractivity contribution in [1.29, 1.82) is 0 Å². The van der Waals surface area contributed by atoms with Crippen LogP contribution in [0.25, 0.3) is 17.5 Å². The fourth-order valence-electron chi connectivity index (χ4n) is 4.03. The number of benzene rings is 1.